The van der Waals surface area contributed by atoms with E-state index in [-0.39, 0.29) is 5.92 Å². The summed E-state index contributed by atoms with van der Waals surface area (Å²) in [5.74, 6) is 1.01. The first kappa shape index (κ1) is 25.5. The van der Waals surface area contributed by atoms with E-state index in [9.17, 15) is 9.90 Å². The monoisotopic (exact) mass is 368 g/mol. The molecule has 0 rings (SSSR count). The van der Waals surface area contributed by atoms with Crippen molar-refractivity contribution in [2.45, 2.75) is 125 Å². The summed E-state index contributed by atoms with van der Waals surface area (Å²) in [5.41, 5.74) is 0. The van der Waals surface area contributed by atoms with Gasteiger partial charge < -0.3 is 5.11 Å². The molecule has 2 atom stereocenters. The molecule has 0 saturated heterocycles. The predicted octanol–water partition coefficient (Wildman–Crippen LogP) is 8.10. The highest BCUT2D eigenvalue weighted by Gasteiger charge is 2.24. The van der Waals surface area contributed by atoms with Crippen LogP contribution in [0.1, 0.15) is 125 Å². The molecule has 0 aliphatic heterocycles. The molecule has 0 aromatic rings. The summed E-state index contributed by atoms with van der Waals surface area (Å²) in [6.07, 6.45) is 17.9. The first-order valence-electron chi connectivity index (χ1n) is 11.6. The van der Waals surface area contributed by atoms with Gasteiger partial charge in [-0.3, -0.25) is 4.79 Å². The van der Waals surface area contributed by atoms with Crippen LogP contribution in [-0.4, -0.2) is 11.1 Å². The number of carboxylic acids is 1. The minimum Gasteiger partial charge on any atom is -0.481 e. The topological polar surface area (TPSA) is 37.3 Å². The van der Waals surface area contributed by atoms with Gasteiger partial charge in [-0.25, -0.2) is 0 Å². The van der Waals surface area contributed by atoms with E-state index in [1.807, 2.05) is 0 Å². The summed E-state index contributed by atoms with van der Waals surface area (Å²) >= 11 is 0. The molecule has 0 aromatic carbocycles. The number of carboxylic acid groups (broad SMARTS) is 1. The molecular weight excluding hydrogens is 320 g/mol. The van der Waals surface area contributed by atoms with Crippen LogP contribution in [0.2, 0.25) is 0 Å². The quantitative estimate of drug-likeness (QED) is 0.248. The summed E-state index contributed by atoms with van der Waals surface area (Å²) in [7, 11) is 0. The van der Waals surface area contributed by atoms with Crippen LogP contribution in [0, 0.1) is 23.7 Å². The average molecular weight is 369 g/mol. The van der Waals surface area contributed by atoms with Crippen molar-refractivity contribution in [1.29, 1.82) is 0 Å². The van der Waals surface area contributed by atoms with Gasteiger partial charge in [0.2, 0.25) is 0 Å². The number of unbranched alkanes of at least 4 members (excludes halogenated alkanes) is 10. The fraction of sp³-hybridized carbons (Fsp3) is 0.958. The third kappa shape index (κ3) is 15.7. The van der Waals surface area contributed by atoms with Crippen molar-refractivity contribution in [1.82, 2.24) is 0 Å². The second-order valence-corrected chi connectivity index (χ2v) is 9.41. The van der Waals surface area contributed by atoms with E-state index < -0.39 is 5.97 Å². The standard InChI is InChI=1S/C24H48O2/c1-20(2)17-15-13-11-9-7-6-8-10-12-14-16-18-23(24(25)26)22(5)19-21(3)4/h20-23H,6-19H2,1-5H3,(H,25,26). The highest BCUT2D eigenvalue weighted by Crippen LogP contribution is 2.25. The van der Waals surface area contributed by atoms with Gasteiger partial charge in [-0.15, -0.1) is 0 Å². The van der Waals surface area contributed by atoms with Gasteiger partial charge in [0.1, 0.15) is 0 Å². The van der Waals surface area contributed by atoms with E-state index in [0.717, 1.165) is 25.2 Å². The number of carbonyl (C=O) groups is 1. The van der Waals surface area contributed by atoms with Crippen LogP contribution in [0.25, 0.3) is 0 Å². The molecule has 0 aliphatic rings. The Morgan fingerprint density at radius 2 is 1.00 bits per heavy atom. The SMILES string of the molecule is CC(C)CCCCCCCCCCCCCC(C(=O)O)C(C)CC(C)C. The molecule has 2 unspecified atom stereocenters. The Hall–Kier alpha value is -0.530. The van der Waals surface area contributed by atoms with E-state index in [1.165, 1.54) is 70.6 Å². The van der Waals surface area contributed by atoms with Crippen LogP contribution in [-0.2, 0) is 4.79 Å². The average Bonchev–Trinajstić information content (AvgIpc) is 2.53. The molecule has 0 fully saturated rings. The predicted molar refractivity (Wildman–Crippen MR) is 115 cm³/mol. The Balaban J connectivity index is 3.49. The molecule has 1 N–H and O–H groups in total. The van der Waals surface area contributed by atoms with E-state index in [2.05, 4.69) is 34.6 Å². The van der Waals surface area contributed by atoms with Crippen molar-refractivity contribution in [3.05, 3.63) is 0 Å². The highest BCUT2D eigenvalue weighted by molar-refractivity contribution is 5.70. The maximum Gasteiger partial charge on any atom is 0.306 e. The van der Waals surface area contributed by atoms with Gasteiger partial charge in [0, 0.05) is 0 Å². The number of hydrogen-bond donors (Lipinski definition) is 1. The van der Waals surface area contributed by atoms with E-state index in [4.69, 9.17) is 0 Å². The first-order chi connectivity index (χ1) is 12.3. The molecule has 2 heteroatoms. The van der Waals surface area contributed by atoms with Crippen LogP contribution < -0.4 is 0 Å². The third-order valence-electron chi connectivity index (χ3n) is 5.64. The summed E-state index contributed by atoms with van der Waals surface area (Å²) in [6.45, 7) is 11.1. The fourth-order valence-corrected chi connectivity index (χ4v) is 4.07. The lowest BCUT2D eigenvalue weighted by Crippen LogP contribution is -2.22. The van der Waals surface area contributed by atoms with Crippen molar-refractivity contribution < 1.29 is 9.90 Å². The highest BCUT2D eigenvalue weighted by atomic mass is 16.4. The Morgan fingerprint density at radius 3 is 1.35 bits per heavy atom. The second-order valence-electron chi connectivity index (χ2n) is 9.41. The second kappa shape index (κ2) is 16.6. The van der Waals surface area contributed by atoms with Crippen LogP contribution in [0.4, 0.5) is 0 Å². The van der Waals surface area contributed by atoms with Gasteiger partial charge in [0.15, 0.2) is 0 Å². The summed E-state index contributed by atoms with van der Waals surface area (Å²) < 4.78 is 0. The smallest absolute Gasteiger partial charge is 0.306 e. The van der Waals surface area contributed by atoms with E-state index >= 15 is 0 Å². The fourth-order valence-electron chi connectivity index (χ4n) is 4.07. The molecule has 0 heterocycles. The van der Waals surface area contributed by atoms with Crippen molar-refractivity contribution in [2.75, 3.05) is 0 Å². The molecule has 26 heavy (non-hydrogen) atoms. The van der Waals surface area contributed by atoms with Crippen LogP contribution in [0.5, 0.6) is 0 Å². The Morgan fingerprint density at radius 1 is 0.615 bits per heavy atom. The van der Waals surface area contributed by atoms with Gasteiger partial charge in [-0.1, -0.05) is 112 Å². The van der Waals surface area contributed by atoms with Gasteiger partial charge in [0.25, 0.3) is 0 Å². The van der Waals surface area contributed by atoms with E-state index in [0.29, 0.717) is 11.8 Å². The van der Waals surface area contributed by atoms with E-state index in [1.54, 1.807) is 0 Å². The van der Waals surface area contributed by atoms with Crippen molar-refractivity contribution in [2.24, 2.45) is 23.7 Å². The van der Waals surface area contributed by atoms with Crippen molar-refractivity contribution in [3.8, 4) is 0 Å². The van der Waals surface area contributed by atoms with Crippen LogP contribution in [0.15, 0.2) is 0 Å². The van der Waals surface area contributed by atoms with Crippen molar-refractivity contribution in [3.63, 3.8) is 0 Å². The zero-order valence-electron chi connectivity index (χ0n) is 18.6. The third-order valence-corrected chi connectivity index (χ3v) is 5.64. The normalized spacial score (nSPS) is 14.1. The molecule has 0 spiro atoms. The Bertz CT molecular complexity index is 322. The largest absolute Gasteiger partial charge is 0.481 e. The molecule has 0 aliphatic carbocycles. The van der Waals surface area contributed by atoms with Crippen LogP contribution in [0.3, 0.4) is 0 Å². The molecule has 0 aromatic heterocycles. The lowest BCUT2D eigenvalue weighted by atomic mass is 9.83. The molecular formula is C24H48O2. The number of aliphatic carboxylic acids is 1. The number of hydrogen-bond acceptors (Lipinski definition) is 1. The molecule has 156 valence electrons. The molecule has 0 bridgehead atoms. The van der Waals surface area contributed by atoms with Gasteiger partial charge in [-0.05, 0) is 30.6 Å². The minimum absolute atomic E-state index is 0.145. The minimum atomic E-state index is -0.591. The molecule has 2 nitrogen and oxygen atoms in total. The lowest BCUT2D eigenvalue weighted by molar-refractivity contribution is -0.144. The summed E-state index contributed by atoms with van der Waals surface area (Å²) in [4.78, 5) is 11.5. The van der Waals surface area contributed by atoms with Gasteiger partial charge in [-0.2, -0.15) is 0 Å². The van der Waals surface area contributed by atoms with Crippen molar-refractivity contribution >= 4 is 5.97 Å². The van der Waals surface area contributed by atoms with Crippen LogP contribution >= 0.6 is 0 Å². The molecule has 0 saturated carbocycles. The summed E-state index contributed by atoms with van der Waals surface area (Å²) in [5, 5.41) is 9.46. The Labute approximate surface area is 164 Å². The Kier molecular flexibility index (Phi) is 16.3. The van der Waals surface area contributed by atoms with Gasteiger partial charge >= 0.3 is 5.97 Å². The zero-order chi connectivity index (χ0) is 19.8. The van der Waals surface area contributed by atoms with Gasteiger partial charge in [0.05, 0.1) is 5.92 Å². The number of rotatable bonds is 18. The molecule has 0 amide bonds. The zero-order valence-corrected chi connectivity index (χ0v) is 18.6. The maximum absolute atomic E-state index is 11.5. The maximum atomic E-state index is 11.5. The molecule has 0 radical (unpaired) electrons. The first-order valence-corrected chi connectivity index (χ1v) is 11.6. The summed E-state index contributed by atoms with van der Waals surface area (Å²) in [6, 6.07) is 0. The lowest BCUT2D eigenvalue weighted by Gasteiger charge is -2.21.